The summed E-state index contributed by atoms with van der Waals surface area (Å²) in [5.41, 5.74) is 0.366. The Bertz CT molecular complexity index is 850. The number of rotatable bonds is 7. The predicted molar refractivity (Wildman–Crippen MR) is 108 cm³/mol. The molecule has 8 heteroatoms. The monoisotopic (exact) mass is 421 g/mol. The Morgan fingerprint density at radius 2 is 1.79 bits per heavy atom. The molecule has 0 aliphatic rings. The number of hydrogen-bond donors (Lipinski definition) is 3. The Labute approximate surface area is 174 Å². The number of carboxylic acids is 1. The van der Waals surface area contributed by atoms with Crippen LogP contribution in [0.25, 0.3) is 0 Å². The number of benzene rings is 2. The third-order valence-corrected chi connectivity index (χ3v) is 4.08. The van der Waals surface area contributed by atoms with Gasteiger partial charge in [-0.3, -0.25) is 0 Å². The van der Waals surface area contributed by atoms with Crippen molar-refractivity contribution in [3.8, 4) is 5.75 Å². The van der Waals surface area contributed by atoms with Gasteiger partial charge in [0, 0.05) is 0 Å². The van der Waals surface area contributed by atoms with Gasteiger partial charge in [-0.1, -0.05) is 48.0 Å². The lowest BCUT2D eigenvalue weighted by molar-refractivity contribution is -0.142. The van der Waals surface area contributed by atoms with Crippen molar-refractivity contribution < 1.29 is 29.3 Å². The normalized spacial score (nSPS) is 13.3. The van der Waals surface area contributed by atoms with Gasteiger partial charge in [0.25, 0.3) is 0 Å². The summed E-state index contributed by atoms with van der Waals surface area (Å²) in [5, 5.41) is 22.2. The van der Waals surface area contributed by atoms with Gasteiger partial charge in [0.1, 0.15) is 24.1 Å². The molecule has 156 valence electrons. The molecular weight excluding hydrogens is 398 g/mol. The van der Waals surface area contributed by atoms with E-state index in [0.717, 1.165) is 5.56 Å². The Hall–Kier alpha value is -2.77. The summed E-state index contributed by atoms with van der Waals surface area (Å²) in [5.74, 6) is -1.03. The third-order valence-electron chi connectivity index (χ3n) is 3.79. The molecule has 0 saturated carbocycles. The molecule has 0 spiro atoms. The van der Waals surface area contributed by atoms with Crippen LogP contribution < -0.4 is 10.1 Å². The van der Waals surface area contributed by atoms with Crippen molar-refractivity contribution in [3.63, 3.8) is 0 Å². The smallest absolute Gasteiger partial charge is 0.408 e. The van der Waals surface area contributed by atoms with Crippen molar-refractivity contribution in [1.29, 1.82) is 0 Å². The molecule has 0 aliphatic heterocycles. The number of aliphatic hydroxyl groups is 1. The second kappa shape index (κ2) is 9.62. The molecule has 2 aromatic carbocycles. The van der Waals surface area contributed by atoms with Gasteiger partial charge in [-0.25, -0.2) is 9.59 Å². The number of carboxylic acid groups (broad SMARTS) is 1. The number of alkyl carbamates (subject to hydrolysis) is 1. The van der Waals surface area contributed by atoms with Crippen LogP contribution in [0.3, 0.4) is 0 Å². The van der Waals surface area contributed by atoms with E-state index in [4.69, 9.17) is 21.1 Å². The first-order chi connectivity index (χ1) is 13.6. The molecule has 1 amide bonds. The van der Waals surface area contributed by atoms with Crippen molar-refractivity contribution in [3.05, 3.63) is 64.7 Å². The molecular formula is C21H24ClNO6. The van der Waals surface area contributed by atoms with Crippen LogP contribution in [0.5, 0.6) is 5.75 Å². The fraction of sp³-hybridized carbons (Fsp3) is 0.333. The van der Waals surface area contributed by atoms with Crippen molar-refractivity contribution in [2.24, 2.45) is 0 Å². The third kappa shape index (κ3) is 6.96. The number of halogens is 1. The van der Waals surface area contributed by atoms with Crippen LogP contribution in [0.1, 0.15) is 38.0 Å². The van der Waals surface area contributed by atoms with E-state index in [1.54, 1.807) is 20.8 Å². The van der Waals surface area contributed by atoms with Crippen LogP contribution in [-0.2, 0) is 16.1 Å². The maximum Gasteiger partial charge on any atom is 0.408 e. The average molecular weight is 422 g/mol. The molecule has 2 rings (SSSR count). The lowest BCUT2D eigenvalue weighted by Crippen LogP contribution is -2.46. The summed E-state index contributed by atoms with van der Waals surface area (Å²) in [4.78, 5) is 23.4. The van der Waals surface area contributed by atoms with Gasteiger partial charge in [0.05, 0.1) is 5.02 Å². The topological polar surface area (TPSA) is 105 Å². The molecule has 2 aromatic rings. The van der Waals surface area contributed by atoms with E-state index in [9.17, 15) is 19.8 Å². The summed E-state index contributed by atoms with van der Waals surface area (Å²) in [6.45, 7) is 5.24. The molecule has 0 bridgehead atoms. The Kier molecular flexibility index (Phi) is 7.47. The fourth-order valence-electron chi connectivity index (χ4n) is 2.46. The molecule has 29 heavy (non-hydrogen) atoms. The highest BCUT2D eigenvalue weighted by Crippen LogP contribution is 2.30. The van der Waals surface area contributed by atoms with Gasteiger partial charge >= 0.3 is 12.1 Å². The molecule has 0 unspecified atom stereocenters. The molecule has 0 aromatic heterocycles. The van der Waals surface area contributed by atoms with Crippen LogP contribution in [-0.4, -0.2) is 33.9 Å². The lowest BCUT2D eigenvalue weighted by atomic mass is 10.0. The van der Waals surface area contributed by atoms with Crippen molar-refractivity contribution in [2.75, 3.05) is 0 Å². The number of aliphatic hydroxyl groups excluding tert-OH is 1. The summed E-state index contributed by atoms with van der Waals surface area (Å²) in [6, 6.07) is 12.3. The van der Waals surface area contributed by atoms with Crippen LogP contribution in [0.2, 0.25) is 5.02 Å². The second-order valence-electron chi connectivity index (χ2n) is 7.37. The quantitative estimate of drug-likeness (QED) is 0.625. The van der Waals surface area contributed by atoms with Gasteiger partial charge in [-0.15, -0.1) is 0 Å². The van der Waals surface area contributed by atoms with Gasteiger partial charge in [0.15, 0.2) is 6.04 Å². The van der Waals surface area contributed by atoms with Crippen LogP contribution in [0.4, 0.5) is 4.79 Å². The molecule has 0 radical (unpaired) electrons. The van der Waals surface area contributed by atoms with Gasteiger partial charge < -0.3 is 25.0 Å². The number of ether oxygens (including phenoxy) is 2. The molecule has 0 aliphatic carbocycles. The Morgan fingerprint density at radius 1 is 1.14 bits per heavy atom. The number of aliphatic carboxylic acids is 1. The maximum absolute atomic E-state index is 11.9. The zero-order valence-electron chi connectivity index (χ0n) is 16.4. The van der Waals surface area contributed by atoms with Crippen molar-refractivity contribution in [1.82, 2.24) is 5.32 Å². The van der Waals surface area contributed by atoms with Crippen molar-refractivity contribution in [2.45, 2.75) is 45.1 Å². The highest BCUT2D eigenvalue weighted by Gasteiger charge is 2.31. The molecule has 0 fully saturated rings. The Morgan fingerprint density at radius 3 is 2.34 bits per heavy atom. The van der Waals surface area contributed by atoms with Gasteiger partial charge in [-0.05, 0) is 44.0 Å². The van der Waals surface area contributed by atoms with Crippen LogP contribution in [0.15, 0.2) is 48.5 Å². The summed E-state index contributed by atoms with van der Waals surface area (Å²) in [7, 11) is 0. The van der Waals surface area contributed by atoms with E-state index in [0.29, 0.717) is 12.4 Å². The highest BCUT2D eigenvalue weighted by molar-refractivity contribution is 6.32. The van der Waals surface area contributed by atoms with Crippen molar-refractivity contribution >= 4 is 23.7 Å². The SMILES string of the molecule is CC(C)(C)OC(=O)N[C@@H](C(=O)O)[C@H](O)c1ccc(OCc2ccccc2)c(Cl)c1. The van der Waals surface area contributed by atoms with Crippen LogP contribution in [0, 0.1) is 0 Å². The van der Waals surface area contributed by atoms with E-state index in [-0.39, 0.29) is 10.6 Å². The minimum atomic E-state index is -1.61. The number of nitrogens with one attached hydrogen (secondary N) is 1. The summed E-state index contributed by atoms with van der Waals surface area (Å²) >= 11 is 6.22. The molecule has 0 heterocycles. The fourth-order valence-corrected chi connectivity index (χ4v) is 2.70. The van der Waals surface area contributed by atoms with Gasteiger partial charge in [-0.2, -0.15) is 0 Å². The first kappa shape index (κ1) is 22.5. The minimum Gasteiger partial charge on any atom is -0.487 e. The Balaban J connectivity index is 2.09. The van der Waals surface area contributed by atoms with E-state index in [1.807, 2.05) is 30.3 Å². The van der Waals surface area contributed by atoms with E-state index in [2.05, 4.69) is 5.32 Å². The zero-order valence-corrected chi connectivity index (χ0v) is 17.1. The maximum atomic E-state index is 11.9. The van der Waals surface area contributed by atoms with Gasteiger partial charge in [0.2, 0.25) is 0 Å². The average Bonchev–Trinajstić information content (AvgIpc) is 2.63. The summed E-state index contributed by atoms with van der Waals surface area (Å²) < 4.78 is 10.7. The standard InChI is InChI=1S/C21H24ClNO6/c1-21(2,3)29-20(27)23-17(19(25)26)18(24)14-9-10-16(15(22)11-14)28-12-13-7-5-4-6-8-13/h4-11,17-18,24H,12H2,1-3H3,(H,23,27)(H,25,26)/t17-,18-/m1/s1. The zero-order chi connectivity index (χ0) is 21.6. The van der Waals surface area contributed by atoms with E-state index < -0.39 is 29.8 Å². The second-order valence-corrected chi connectivity index (χ2v) is 7.78. The highest BCUT2D eigenvalue weighted by atomic mass is 35.5. The number of carbonyl (C=O) groups is 2. The molecule has 3 N–H and O–H groups in total. The predicted octanol–water partition coefficient (Wildman–Crippen LogP) is 3.93. The van der Waals surface area contributed by atoms with E-state index in [1.165, 1.54) is 18.2 Å². The largest absolute Gasteiger partial charge is 0.487 e. The lowest BCUT2D eigenvalue weighted by Gasteiger charge is -2.24. The molecule has 7 nitrogen and oxygen atoms in total. The summed E-state index contributed by atoms with van der Waals surface area (Å²) in [6.07, 6.45) is -2.49. The number of carbonyl (C=O) groups excluding carboxylic acids is 1. The molecule has 2 atom stereocenters. The molecule has 0 saturated heterocycles. The first-order valence-electron chi connectivity index (χ1n) is 8.93. The van der Waals surface area contributed by atoms with E-state index >= 15 is 0 Å². The minimum absolute atomic E-state index is 0.207. The van der Waals surface area contributed by atoms with Crippen LogP contribution >= 0.6 is 11.6 Å². The first-order valence-corrected chi connectivity index (χ1v) is 9.31. The number of amides is 1. The number of hydrogen-bond acceptors (Lipinski definition) is 5.